The number of aromatic nitrogens is 2. The van der Waals surface area contributed by atoms with Gasteiger partial charge in [-0.25, -0.2) is 18.1 Å². The largest absolute Gasteiger partial charge is 0.454 e. The number of nitrogens with zero attached hydrogens (tertiary/aromatic N) is 5. The average molecular weight is 546 g/mol. The highest BCUT2D eigenvalue weighted by atomic mass is 32.2. The van der Waals surface area contributed by atoms with Crippen LogP contribution in [0.25, 0.3) is 22.4 Å². The lowest BCUT2D eigenvalue weighted by atomic mass is 10.2. The molecular weight excluding hydrogens is 522 g/mol. The predicted molar refractivity (Wildman–Crippen MR) is 146 cm³/mol. The van der Waals surface area contributed by atoms with E-state index in [4.69, 9.17) is 19.2 Å². The van der Waals surface area contributed by atoms with Crippen LogP contribution in [0.3, 0.4) is 0 Å². The topological polar surface area (TPSA) is 102 Å². The Morgan fingerprint density at radius 3 is 2.50 bits per heavy atom. The summed E-state index contributed by atoms with van der Waals surface area (Å²) < 4.78 is 40.5. The van der Waals surface area contributed by atoms with E-state index in [-0.39, 0.29) is 4.90 Å². The molecule has 11 heteroatoms. The summed E-state index contributed by atoms with van der Waals surface area (Å²) in [6.45, 7) is 1.50. The van der Waals surface area contributed by atoms with E-state index in [1.165, 1.54) is 15.6 Å². The number of benzene rings is 2. The molecule has 4 heterocycles. The average Bonchev–Trinajstić information content (AvgIpc) is 3.57. The monoisotopic (exact) mass is 545 g/mol. The third-order valence-electron chi connectivity index (χ3n) is 6.06. The van der Waals surface area contributed by atoms with Crippen molar-refractivity contribution < 1.29 is 17.6 Å². The van der Waals surface area contributed by atoms with Crippen molar-refractivity contribution in [3.8, 4) is 11.5 Å². The molecule has 38 heavy (non-hydrogen) atoms. The van der Waals surface area contributed by atoms with E-state index in [1.54, 1.807) is 47.5 Å². The van der Waals surface area contributed by atoms with Crippen LogP contribution in [0.2, 0.25) is 0 Å². The summed E-state index contributed by atoms with van der Waals surface area (Å²) in [5, 5.41) is 7.64. The molecule has 0 aliphatic carbocycles. The molecule has 192 valence electrons. The quantitative estimate of drug-likeness (QED) is 0.293. The smallest absolute Gasteiger partial charge is 0.243 e. The van der Waals surface area contributed by atoms with Gasteiger partial charge in [-0.2, -0.15) is 9.41 Å². The molecule has 0 saturated carbocycles. The van der Waals surface area contributed by atoms with E-state index in [0.29, 0.717) is 42.6 Å². The summed E-state index contributed by atoms with van der Waals surface area (Å²) in [7, 11) is -3.58. The molecule has 6 rings (SSSR count). The summed E-state index contributed by atoms with van der Waals surface area (Å²) in [5.41, 5.74) is 3.03. The molecule has 9 nitrogen and oxygen atoms in total. The Labute approximate surface area is 223 Å². The van der Waals surface area contributed by atoms with Crippen LogP contribution < -0.4 is 4.80 Å². The Balaban J connectivity index is 1.39. The van der Waals surface area contributed by atoms with E-state index in [0.717, 1.165) is 22.2 Å². The second kappa shape index (κ2) is 10.5. The van der Waals surface area contributed by atoms with Gasteiger partial charge >= 0.3 is 0 Å². The Hall–Kier alpha value is -3.90. The Kier molecular flexibility index (Phi) is 6.73. The van der Waals surface area contributed by atoms with Gasteiger partial charge in [-0.3, -0.25) is 4.98 Å². The van der Waals surface area contributed by atoms with E-state index in [1.807, 2.05) is 47.8 Å². The van der Waals surface area contributed by atoms with Gasteiger partial charge in [0.2, 0.25) is 14.8 Å². The molecule has 0 atom stereocenters. The Morgan fingerprint density at radius 2 is 1.74 bits per heavy atom. The predicted octanol–water partition coefficient (Wildman–Crippen LogP) is 4.49. The number of morpholine rings is 1. The number of thiazole rings is 1. The van der Waals surface area contributed by atoms with Crippen LogP contribution in [0, 0.1) is 0 Å². The maximum Gasteiger partial charge on any atom is 0.243 e. The van der Waals surface area contributed by atoms with Crippen molar-refractivity contribution in [2.45, 2.75) is 4.90 Å². The third kappa shape index (κ3) is 4.96. The molecule has 1 saturated heterocycles. The zero-order valence-electron chi connectivity index (χ0n) is 20.2. The molecule has 1 aliphatic rings. The summed E-state index contributed by atoms with van der Waals surface area (Å²) in [6.07, 6.45) is 5.15. The van der Waals surface area contributed by atoms with Crippen molar-refractivity contribution in [1.29, 1.82) is 0 Å². The van der Waals surface area contributed by atoms with E-state index >= 15 is 0 Å². The summed E-state index contributed by atoms with van der Waals surface area (Å²) in [6, 6.07) is 20.1. The first-order valence-corrected chi connectivity index (χ1v) is 14.3. The van der Waals surface area contributed by atoms with Crippen LogP contribution in [-0.4, -0.2) is 54.9 Å². The molecule has 1 aliphatic heterocycles. The molecule has 0 bridgehead atoms. The normalized spacial score (nSPS) is 15.5. The minimum Gasteiger partial charge on any atom is -0.454 e. The van der Waals surface area contributed by atoms with Crippen LogP contribution >= 0.6 is 11.3 Å². The van der Waals surface area contributed by atoms with E-state index in [9.17, 15) is 8.42 Å². The molecular formula is C27H23N5O4S2. The lowest BCUT2D eigenvalue weighted by Gasteiger charge is -2.26. The van der Waals surface area contributed by atoms with Crippen LogP contribution in [0.15, 0.2) is 104 Å². The van der Waals surface area contributed by atoms with Gasteiger partial charge in [0, 0.05) is 36.2 Å². The van der Waals surface area contributed by atoms with Gasteiger partial charge in [-0.15, -0.1) is 11.3 Å². The lowest BCUT2D eigenvalue weighted by Crippen LogP contribution is -2.40. The van der Waals surface area contributed by atoms with Crippen molar-refractivity contribution >= 4 is 44.2 Å². The highest BCUT2D eigenvalue weighted by molar-refractivity contribution is 7.89. The first-order chi connectivity index (χ1) is 18.6. The Bertz CT molecular complexity index is 1730. The molecule has 0 N–H and O–H groups in total. The van der Waals surface area contributed by atoms with Crippen molar-refractivity contribution in [2.75, 3.05) is 26.3 Å². The van der Waals surface area contributed by atoms with Crippen molar-refractivity contribution in [3.05, 3.63) is 94.9 Å². The summed E-state index contributed by atoms with van der Waals surface area (Å²) in [5.74, 6) is 0.669. The zero-order valence-corrected chi connectivity index (χ0v) is 21.8. The zero-order chi connectivity index (χ0) is 26.0. The SMILES string of the molecule is O=S(=O)(c1ccc(N=c2scc(-c3cc4ccccc4o3)n2N=Cc2ccncc2)cc1)N1CCOCC1. The van der Waals surface area contributed by atoms with Gasteiger partial charge in [0.15, 0.2) is 5.76 Å². The van der Waals surface area contributed by atoms with E-state index in [2.05, 4.69) is 4.98 Å². The second-order valence-corrected chi connectivity index (χ2v) is 11.3. The first-order valence-electron chi connectivity index (χ1n) is 11.9. The molecule has 5 aromatic rings. The molecule has 2 aromatic carbocycles. The Morgan fingerprint density at radius 1 is 0.974 bits per heavy atom. The standard InChI is InChI=1S/C27H23N5O4S2/c33-38(34,31-13-15-35-16-14-31)23-7-5-22(6-8-23)30-27-32(29-18-20-9-11-28-12-10-20)24(19-37-27)26-17-21-3-1-2-4-25(21)36-26/h1-12,17-19H,13-16H2. The van der Waals surface area contributed by atoms with Crippen molar-refractivity contribution in [1.82, 2.24) is 14.0 Å². The number of rotatable bonds is 6. The number of furan rings is 1. The van der Waals surface area contributed by atoms with Gasteiger partial charge in [0.05, 0.1) is 30.0 Å². The molecule has 3 aromatic heterocycles. The van der Waals surface area contributed by atoms with Crippen LogP contribution in [0.4, 0.5) is 5.69 Å². The van der Waals surface area contributed by atoms with Gasteiger partial charge < -0.3 is 9.15 Å². The number of pyridine rings is 1. The van der Waals surface area contributed by atoms with Gasteiger partial charge in [-0.1, -0.05) is 18.2 Å². The fraction of sp³-hybridized carbons (Fsp3) is 0.148. The second-order valence-electron chi connectivity index (χ2n) is 8.51. The highest BCUT2D eigenvalue weighted by Crippen LogP contribution is 2.28. The number of para-hydroxylation sites is 1. The number of hydrogen-bond donors (Lipinski definition) is 0. The molecule has 0 unspecified atom stereocenters. The number of sulfonamides is 1. The molecule has 1 fully saturated rings. The van der Waals surface area contributed by atoms with Crippen LogP contribution in [-0.2, 0) is 14.8 Å². The van der Waals surface area contributed by atoms with Crippen LogP contribution in [0.5, 0.6) is 0 Å². The maximum atomic E-state index is 13.0. The molecule has 0 spiro atoms. The lowest BCUT2D eigenvalue weighted by molar-refractivity contribution is 0.0730. The third-order valence-corrected chi connectivity index (χ3v) is 8.79. The van der Waals surface area contributed by atoms with Crippen LogP contribution in [0.1, 0.15) is 5.56 Å². The first kappa shape index (κ1) is 24.4. The highest BCUT2D eigenvalue weighted by Gasteiger charge is 2.26. The fourth-order valence-electron chi connectivity index (χ4n) is 4.08. The fourth-order valence-corrected chi connectivity index (χ4v) is 6.32. The maximum absolute atomic E-state index is 13.0. The molecule has 0 radical (unpaired) electrons. The summed E-state index contributed by atoms with van der Waals surface area (Å²) in [4.78, 5) is 9.67. The minimum absolute atomic E-state index is 0.232. The van der Waals surface area contributed by atoms with Gasteiger partial charge in [0.25, 0.3) is 0 Å². The number of ether oxygens (including phenoxy) is 1. The summed E-state index contributed by atoms with van der Waals surface area (Å²) >= 11 is 1.41. The van der Waals surface area contributed by atoms with Gasteiger partial charge in [-0.05, 0) is 54.1 Å². The van der Waals surface area contributed by atoms with Gasteiger partial charge in [0.1, 0.15) is 11.3 Å². The van der Waals surface area contributed by atoms with Crippen molar-refractivity contribution in [2.24, 2.45) is 10.1 Å². The number of hydrogen-bond acceptors (Lipinski definition) is 8. The molecule has 0 amide bonds. The van der Waals surface area contributed by atoms with E-state index < -0.39 is 10.0 Å². The van der Waals surface area contributed by atoms with Crippen molar-refractivity contribution in [3.63, 3.8) is 0 Å². The minimum atomic E-state index is -3.58. The number of fused-ring (bicyclic) bond motifs is 1.